The van der Waals surface area contributed by atoms with Crippen LogP contribution in [-0.2, 0) is 13.6 Å². The van der Waals surface area contributed by atoms with Crippen LogP contribution >= 0.6 is 0 Å². The van der Waals surface area contributed by atoms with E-state index in [2.05, 4.69) is 14.8 Å². The highest BCUT2D eigenvalue weighted by Crippen LogP contribution is 2.24. The Morgan fingerprint density at radius 3 is 2.28 bits per heavy atom. The van der Waals surface area contributed by atoms with E-state index in [4.69, 9.17) is 4.98 Å². The number of hydrogen-bond donors (Lipinski definition) is 1. The zero-order valence-corrected chi connectivity index (χ0v) is 17.7. The van der Waals surface area contributed by atoms with Crippen molar-refractivity contribution in [3.8, 4) is 0 Å². The molecule has 1 saturated heterocycles. The maximum atomic E-state index is 13.3. The minimum absolute atomic E-state index is 0.252. The fraction of sp³-hybridized carbons (Fsp3) is 0.261. The third-order valence-corrected chi connectivity index (χ3v) is 5.92. The summed E-state index contributed by atoms with van der Waals surface area (Å²) in [6.07, 6.45) is 0. The number of halogens is 1. The van der Waals surface area contributed by atoms with Crippen LogP contribution < -0.4 is 21.0 Å². The molecule has 0 unspecified atom stereocenters. The number of imidazole rings is 1. The van der Waals surface area contributed by atoms with Gasteiger partial charge in [-0.1, -0.05) is 30.3 Å². The number of hydrogen-bond acceptors (Lipinski definition) is 5. The number of anilines is 2. The molecule has 32 heavy (non-hydrogen) atoms. The van der Waals surface area contributed by atoms with Crippen LogP contribution in [0.4, 0.5) is 16.0 Å². The van der Waals surface area contributed by atoms with Crippen molar-refractivity contribution in [3.63, 3.8) is 0 Å². The summed E-state index contributed by atoms with van der Waals surface area (Å²) < 4.78 is 16.5. The van der Waals surface area contributed by atoms with E-state index in [9.17, 15) is 14.0 Å². The number of H-pyrrole nitrogens is 1. The van der Waals surface area contributed by atoms with Crippen LogP contribution in [0.1, 0.15) is 5.56 Å². The van der Waals surface area contributed by atoms with Gasteiger partial charge in [-0.2, -0.15) is 4.98 Å². The third kappa shape index (κ3) is 3.55. The summed E-state index contributed by atoms with van der Waals surface area (Å²) >= 11 is 0. The second kappa shape index (κ2) is 7.99. The predicted octanol–water partition coefficient (Wildman–Crippen LogP) is 1.94. The van der Waals surface area contributed by atoms with E-state index in [1.165, 1.54) is 16.7 Å². The van der Waals surface area contributed by atoms with Crippen molar-refractivity contribution in [1.82, 2.24) is 19.1 Å². The lowest BCUT2D eigenvalue weighted by molar-refractivity contribution is 0.618. The summed E-state index contributed by atoms with van der Waals surface area (Å²) in [7, 11) is 1.61. The van der Waals surface area contributed by atoms with E-state index in [0.29, 0.717) is 36.7 Å². The number of rotatable bonds is 4. The zero-order chi connectivity index (χ0) is 22.2. The predicted molar refractivity (Wildman–Crippen MR) is 122 cm³/mol. The van der Waals surface area contributed by atoms with Gasteiger partial charge in [0.15, 0.2) is 11.2 Å². The molecule has 0 spiro atoms. The largest absolute Gasteiger partial charge is 0.368 e. The fourth-order valence-electron chi connectivity index (χ4n) is 4.20. The first-order valence-corrected chi connectivity index (χ1v) is 10.5. The fourth-order valence-corrected chi connectivity index (χ4v) is 4.20. The topological polar surface area (TPSA) is 79.2 Å². The van der Waals surface area contributed by atoms with Gasteiger partial charge >= 0.3 is 5.69 Å². The normalized spacial score (nSPS) is 14.3. The SMILES string of the molecule is Cn1c(=O)[nH]c(=O)c2c1nc(N1CCN(c3ccc(F)cc3)CC1)n2Cc1ccccc1. The average molecular weight is 434 g/mol. The van der Waals surface area contributed by atoms with Crippen molar-refractivity contribution < 1.29 is 4.39 Å². The molecule has 0 radical (unpaired) electrons. The molecule has 0 aliphatic carbocycles. The van der Waals surface area contributed by atoms with Crippen LogP contribution in [0.25, 0.3) is 11.2 Å². The molecule has 4 aromatic rings. The molecule has 1 N–H and O–H groups in total. The molecule has 0 amide bonds. The number of nitrogens with zero attached hydrogens (tertiary/aromatic N) is 5. The van der Waals surface area contributed by atoms with E-state index >= 15 is 0 Å². The lowest BCUT2D eigenvalue weighted by atomic mass is 10.2. The molecule has 8 nitrogen and oxygen atoms in total. The molecule has 1 fully saturated rings. The van der Waals surface area contributed by atoms with Crippen molar-refractivity contribution in [3.05, 3.63) is 86.8 Å². The highest BCUT2D eigenvalue weighted by atomic mass is 19.1. The van der Waals surface area contributed by atoms with Crippen LogP contribution in [0, 0.1) is 5.82 Å². The van der Waals surface area contributed by atoms with Gasteiger partial charge < -0.3 is 9.80 Å². The van der Waals surface area contributed by atoms with Crippen LogP contribution in [-0.4, -0.2) is 45.3 Å². The second-order valence-corrected chi connectivity index (χ2v) is 7.92. The number of aromatic nitrogens is 4. The van der Waals surface area contributed by atoms with Gasteiger partial charge in [-0.25, -0.2) is 9.18 Å². The zero-order valence-electron chi connectivity index (χ0n) is 17.7. The van der Waals surface area contributed by atoms with Gasteiger partial charge in [0.05, 0.1) is 6.54 Å². The minimum Gasteiger partial charge on any atom is -0.368 e. The highest BCUT2D eigenvalue weighted by Gasteiger charge is 2.25. The Hall–Kier alpha value is -3.88. The summed E-state index contributed by atoms with van der Waals surface area (Å²) in [5.41, 5.74) is 1.83. The van der Waals surface area contributed by atoms with Crippen molar-refractivity contribution in [1.29, 1.82) is 0 Å². The van der Waals surface area contributed by atoms with E-state index in [0.717, 1.165) is 24.3 Å². The molecule has 164 valence electrons. The lowest BCUT2D eigenvalue weighted by Crippen LogP contribution is -2.47. The van der Waals surface area contributed by atoms with Crippen LogP contribution in [0.3, 0.4) is 0 Å². The van der Waals surface area contributed by atoms with Crippen molar-refractivity contribution in [2.24, 2.45) is 7.05 Å². The van der Waals surface area contributed by atoms with E-state index in [1.807, 2.05) is 34.9 Å². The van der Waals surface area contributed by atoms with Gasteiger partial charge in [-0.3, -0.25) is 18.9 Å². The molecule has 0 atom stereocenters. The molecule has 1 aliphatic rings. The number of fused-ring (bicyclic) bond motifs is 1. The molecular weight excluding hydrogens is 411 g/mol. The maximum Gasteiger partial charge on any atom is 0.329 e. The maximum absolute atomic E-state index is 13.3. The Morgan fingerprint density at radius 1 is 0.938 bits per heavy atom. The van der Waals surface area contributed by atoms with Crippen LogP contribution in [0.15, 0.2) is 64.2 Å². The van der Waals surface area contributed by atoms with E-state index in [1.54, 1.807) is 19.2 Å². The highest BCUT2D eigenvalue weighted by molar-refractivity contribution is 5.74. The number of aryl methyl sites for hydroxylation is 1. The van der Waals surface area contributed by atoms with Crippen LogP contribution in [0.5, 0.6) is 0 Å². The number of benzene rings is 2. The average Bonchev–Trinajstić information content (AvgIpc) is 3.19. The third-order valence-electron chi connectivity index (χ3n) is 5.92. The van der Waals surface area contributed by atoms with Gasteiger partial charge in [-0.15, -0.1) is 0 Å². The summed E-state index contributed by atoms with van der Waals surface area (Å²) in [6, 6.07) is 16.3. The summed E-state index contributed by atoms with van der Waals surface area (Å²) in [4.78, 5) is 36.3. The van der Waals surface area contributed by atoms with Crippen LogP contribution in [0.2, 0.25) is 0 Å². The molecule has 2 aromatic carbocycles. The molecule has 2 aromatic heterocycles. The summed E-state index contributed by atoms with van der Waals surface area (Å²) in [6.45, 7) is 3.29. The smallest absolute Gasteiger partial charge is 0.329 e. The quantitative estimate of drug-likeness (QED) is 0.531. The van der Waals surface area contributed by atoms with Crippen molar-refractivity contribution >= 4 is 22.8 Å². The first-order chi connectivity index (χ1) is 15.5. The molecule has 0 bridgehead atoms. The molecule has 0 saturated carbocycles. The summed E-state index contributed by atoms with van der Waals surface area (Å²) in [5, 5.41) is 0. The minimum atomic E-state index is -0.487. The first-order valence-electron chi connectivity index (χ1n) is 10.5. The van der Waals surface area contributed by atoms with E-state index in [-0.39, 0.29) is 5.82 Å². The number of piperazine rings is 1. The Kier molecular flexibility index (Phi) is 5.01. The lowest BCUT2D eigenvalue weighted by Gasteiger charge is -2.36. The first kappa shape index (κ1) is 20.0. The van der Waals surface area contributed by atoms with Gasteiger partial charge in [0.25, 0.3) is 5.56 Å². The second-order valence-electron chi connectivity index (χ2n) is 7.92. The molecule has 9 heteroatoms. The number of aromatic amines is 1. The molecule has 1 aliphatic heterocycles. The number of nitrogens with one attached hydrogen (secondary N) is 1. The molecule has 3 heterocycles. The summed E-state index contributed by atoms with van der Waals surface area (Å²) in [5.74, 6) is 0.409. The molecular formula is C23H23FN6O2. The van der Waals surface area contributed by atoms with Gasteiger partial charge in [-0.05, 0) is 29.8 Å². The van der Waals surface area contributed by atoms with E-state index < -0.39 is 11.2 Å². The Bertz CT molecular complexity index is 1370. The Morgan fingerprint density at radius 2 is 1.59 bits per heavy atom. The van der Waals surface area contributed by atoms with Gasteiger partial charge in [0.2, 0.25) is 5.95 Å². The van der Waals surface area contributed by atoms with Crippen molar-refractivity contribution in [2.75, 3.05) is 36.0 Å². The van der Waals surface area contributed by atoms with Crippen molar-refractivity contribution in [2.45, 2.75) is 6.54 Å². The van der Waals surface area contributed by atoms with Gasteiger partial charge in [0.1, 0.15) is 5.82 Å². The standard InChI is InChI=1S/C23H23FN6O2/c1-27-20-19(21(31)26-23(27)32)30(15-16-5-3-2-4-6-16)22(25-20)29-13-11-28(12-14-29)18-9-7-17(24)8-10-18/h2-10H,11-15H2,1H3,(H,26,31,32). The Labute approximate surface area is 183 Å². The molecule has 5 rings (SSSR count). The van der Waals surface area contributed by atoms with Gasteiger partial charge in [0, 0.05) is 38.9 Å². The Balaban J connectivity index is 1.52. The monoisotopic (exact) mass is 434 g/mol.